The third-order valence-electron chi connectivity index (χ3n) is 10.7. The van der Waals surface area contributed by atoms with Gasteiger partial charge >= 0.3 is 0 Å². The highest BCUT2D eigenvalue weighted by Gasteiger charge is 2.65. The molecule has 0 aliphatic heterocycles. The lowest BCUT2D eigenvalue weighted by atomic mass is 9.43. The molecule has 0 aromatic carbocycles. The van der Waals surface area contributed by atoms with E-state index in [1.54, 1.807) is 0 Å². The average Bonchev–Trinajstić information content (AvgIpc) is 2.97. The minimum atomic E-state index is -0.275. The van der Waals surface area contributed by atoms with Crippen LogP contribution in [-0.2, 0) is 4.79 Å². The maximum atomic E-state index is 14.0. The number of hydrogen-bond donors (Lipinski definition) is 1. The van der Waals surface area contributed by atoms with Crippen LogP contribution in [0.15, 0.2) is 11.6 Å². The van der Waals surface area contributed by atoms with Gasteiger partial charge in [0.25, 0.3) is 0 Å². The molecule has 3 fully saturated rings. The molecule has 0 saturated heterocycles. The van der Waals surface area contributed by atoms with E-state index in [1.165, 1.54) is 44.1 Å². The second kappa shape index (κ2) is 7.71. The second-order valence-corrected chi connectivity index (χ2v) is 13.9. The van der Waals surface area contributed by atoms with Gasteiger partial charge in [0.15, 0.2) is 0 Å². The molecule has 4 aliphatic carbocycles. The van der Waals surface area contributed by atoms with Crippen molar-refractivity contribution in [1.82, 2.24) is 0 Å². The molecular formula is C29H48O2. The number of allylic oxidation sites excluding steroid dienone is 1. The molecule has 0 heterocycles. The van der Waals surface area contributed by atoms with Crippen molar-refractivity contribution < 1.29 is 9.90 Å². The van der Waals surface area contributed by atoms with Crippen molar-refractivity contribution >= 4 is 5.78 Å². The molecule has 2 nitrogen and oxygen atoms in total. The van der Waals surface area contributed by atoms with E-state index in [1.807, 2.05) is 0 Å². The number of aliphatic hydroxyl groups is 1. The third-order valence-corrected chi connectivity index (χ3v) is 10.7. The summed E-state index contributed by atoms with van der Waals surface area (Å²) in [5.41, 5.74) is 1.62. The Balaban J connectivity index is 1.55. The Hall–Kier alpha value is -0.630. The van der Waals surface area contributed by atoms with Crippen molar-refractivity contribution in [2.45, 2.75) is 119 Å². The SMILES string of the molecule is CC(C)(C)CCCCC1CCC2C3CC=C4C(CCC(O)C4(C)C)C3(C)C(=O)CC12C. The van der Waals surface area contributed by atoms with Crippen molar-refractivity contribution in [2.75, 3.05) is 0 Å². The largest absolute Gasteiger partial charge is 0.392 e. The summed E-state index contributed by atoms with van der Waals surface area (Å²) in [5, 5.41) is 10.7. The number of Topliss-reactive ketones (excluding diaryl/α,β-unsaturated/α-hetero) is 1. The summed E-state index contributed by atoms with van der Waals surface area (Å²) < 4.78 is 0. The number of carbonyl (C=O) groups excluding carboxylic acids is 1. The standard InChI is InChI=1S/C29H48O2/c1-26(2,3)17-9-8-10-19-11-12-21-23-14-13-20-22(15-16-24(30)27(20,4)5)29(23,7)25(31)18-28(19,21)6/h13,19,21-24,30H,8-12,14-18H2,1-7H3. The molecule has 1 N–H and O–H groups in total. The first kappa shape index (κ1) is 23.5. The molecule has 7 unspecified atom stereocenters. The lowest BCUT2D eigenvalue weighted by molar-refractivity contribution is -0.155. The highest BCUT2D eigenvalue weighted by Crippen LogP contribution is 2.68. The molecule has 0 radical (unpaired) electrons. The fraction of sp³-hybridized carbons (Fsp3) is 0.897. The lowest BCUT2D eigenvalue weighted by Gasteiger charge is -2.60. The quantitative estimate of drug-likeness (QED) is 0.375. The van der Waals surface area contributed by atoms with Gasteiger partial charge in [-0.05, 0) is 79.4 Å². The summed E-state index contributed by atoms with van der Waals surface area (Å²) in [6.07, 6.45) is 13.7. The summed E-state index contributed by atoms with van der Waals surface area (Å²) >= 11 is 0. The number of ketones is 1. The summed E-state index contributed by atoms with van der Waals surface area (Å²) in [5.74, 6) is 2.79. The fourth-order valence-electron chi connectivity index (χ4n) is 8.59. The Bertz CT molecular complexity index is 740. The maximum absolute atomic E-state index is 14.0. The minimum Gasteiger partial charge on any atom is -0.392 e. The van der Waals surface area contributed by atoms with E-state index in [4.69, 9.17) is 0 Å². The first-order valence-electron chi connectivity index (χ1n) is 13.2. The summed E-state index contributed by atoms with van der Waals surface area (Å²) in [6, 6.07) is 0. The monoisotopic (exact) mass is 428 g/mol. The molecule has 0 aromatic heterocycles. The normalized spacial score (nSPS) is 44.3. The number of fused-ring (bicyclic) bond motifs is 5. The molecule has 0 spiro atoms. The number of aliphatic hydroxyl groups excluding tert-OH is 1. The predicted octanol–water partition coefficient (Wildman–Crippen LogP) is 7.35. The van der Waals surface area contributed by atoms with Gasteiger partial charge in [-0.2, -0.15) is 0 Å². The molecule has 176 valence electrons. The Morgan fingerprint density at radius 2 is 1.71 bits per heavy atom. The number of carbonyl (C=O) groups is 1. The first-order valence-corrected chi connectivity index (χ1v) is 13.2. The Labute approximate surface area is 191 Å². The van der Waals surface area contributed by atoms with Crippen LogP contribution in [0.1, 0.15) is 113 Å². The summed E-state index contributed by atoms with van der Waals surface area (Å²) in [7, 11) is 0. The molecule has 2 heteroatoms. The van der Waals surface area contributed by atoms with Crippen LogP contribution in [0.4, 0.5) is 0 Å². The van der Waals surface area contributed by atoms with Gasteiger partial charge in [0.2, 0.25) is 0 Å². The van der Waals surface area contributed by atoms with Crippen molar-refractivity contribution in [2.24, 2.45) is 45.3 Å². The van der Waals surface area contributed by atoms with Crippen molar-refractivity contribution in [3.8, 4) is 0 Å². The molecule has 4 rings (SSSR count). The van der Waals surface area contributed by atoms with Crippen LogP contribution in [0.3, 0.4) is 0 Å². The van der Waals surface area contributed by atoms with Gasteiger partial charge in [-0.1, -0.05) is 73.0 Å². The fourth-order valence-corrected chi connectivity index (χ4v) is 8.59. The summed E-state index contributed by atoms with van der Waals surface area (Å²) in [4.78, 5) is 14.0. The Morgan fingerprint density at radius 1 is 1.00 bits per heavy atom. The lowest BCUT2D eigenvalue weighted by Crippen LogP contribution is -2.59. The van der Waals surface area contributed by atoms with E-state index < -0.39 is 0 Å². The van der Waals surface area contributed by atoms with Crippen LogP contribution >= 0.6 is 0 Å². The number of hydrogen-bond acceptors (Lipinski definition) is 2. The van der Waals surface area contributed by atoms with Crippen LogP contribution in [0.5, 0.6) is 0 Å². The van der Waals surface area contributed by atoms with E-state index >= 15 is 0 Å². The highest BCUT2D eigenvalue weighted by molar-refractivity contribution is 5.88. The van der Waals surface area contributed by atoms with Crippen LogP contribution < -0.4 is 0 Å². The Morgan fingerprint density at radius 3 is 2.39 bits per heavy atom. The molecule has 0 amide bonds. The topological polar surface area (TPSA) is 37.3 Å². The van der Waals surface area contributed by atoms with Crippen molar-refractivity contribution in [3.63, 3.8) is 0 Å². The first-order chi connectivity index (χ1) is 14.3. The zero-order chi connectivity index (χ0) is 22.8. The summed E-state index contributed by atoms with van der Waals surface area (Å²) in [6.45, 7) is 16.2. The molecule has 0 bridgehead atoms. The molecule has 0 aromatic rings. The molecule has 31 heavy (non-hydrogen) atoms. The van der Waals surface area contributed by atoms with E-state index in [0.29, 0.717) is 29.0 Å². The van der Waals surface area contributed by atoms with Gasteiger partial charge < -0.3 is 5.11 Å². The predicted molar refractivity (Wildman–Crippen MR) is 129 cm³/mol. The third kappa shape index (κ3) is 3.68. The highest BCUT2D eigenvalue weighted by atomic mass is 16.3. The van der Waals surface area contributed by atoms with Crippen LogP contribution in [0.25, 0.3) is 0 Å². The smallest absolute Gasteiger partial charge is 0.140 e. The molecular weight excluding hydrogens is 380 g/mol. The molecule has 4 aliphatic rings. The van der Waals surface area contributed by atoms with E-state index in [-0.39, 0.29) is 22.3 Å². The second-order valence-electron chi connectivity index (χ2n) is 13.9. The average molecular weight is 429 g/mol. The van der Waals surface area contributed by atoms with Crippen LogP contribution in [-0.4, -0.2) is 17.0 Å². The van der Waals surface area contributed by atoms with Gasteiger partial charge in [-0.3, -0.25) is 4.79 Å². The number of unbranched alkanes of at least 4 members (excludes halogenated alkanes) is 1. The van der Waals surface area contributed by atoms with Gasteiger partial charge in [0, 0.05) is 17.3 Å². The number of rotatable bonds is 4. The van der Waals surface area contributed by atoms with Crippen molar-refractivity contribution in [1.29, 1.82) is 0 Å². The molecule has 7 atom stereocenters. The van der Waals surface area contributed by atoms with Gasteiger partial charge in [0.1, 0.15) is 5.78 Å². The Kier molecular flexibility index (Phi) is 5.85. The molecule has 3 saturated carbocycles. The van der Waals surface area contributed by atoms with Gasteiger partial charge in [-0.15, -0.1) is 0 Å². The van der Waals surface area contributed by atoms with Gasteiger partial charge in [-0.25, -0.2) is 0 Å². The van der Waals surface area contributed by atoms with Crippen LogP contribution in [0.2, 0.25) is 0 Å². The van der Waals surface area contributed by atoms with E-state index in [2.05, 4.69) is 54.5 Å². The minimum absolute atomic E-state index is 0.191. The van der Waals surface area contributed by atoms with Gasteiger partial charge in [0.05, 0.1) is 6.10 Å². The van der Waals surface area contributed by atoms with Crippen molar-refractivity contribution in [3.05, 3.63) is 11.6 Å². The zero-order valence-corrected chi connectivity index (χ0v) is 21.4. The van der Waals surface area contributed by atoms with E-state index in [9.17, 15) is 9.90 Å². The maximum Gasteiger partial charge on any atom is 0.140 e. The van der Waals surface area contributed by atoms with E-state index in [0.717, 1.165) is 31.6 Å². The van der Waals surface area contributed by atoms with Crippen LogP contribution in [0, 0.1) is 45.3 Å². The zero-order valence-electron chi connectivity index (χ0n) is 21.4.